The van der Waals surface area contributed by atoms with Gasteiger partial charge < -0.3 is 19.3 Å². The Morgan fingerprint density at radius 1 is 0.976 bits per heavy atom. The summed E-state index contributed by atoms with van der Waals surface area (Å²) in [4.78, 5) is 44.1. The summed E-state index contributed by atoms with van der Waals surface area (Å²) >= 11 is 4.38. The van der Waals surface area contributed by atoms with Gasteiger partial charge in [0.05, 0.1) is 12.0 Å². The van der Waals surface area contributed by atoms with Crippen LogP contribution in [0.3, 0.4) is 0 Å². The second kappa shape index (κ2) is 12.8. The zero-order chi connectivity index (χ0) is 28.9. The van der Waals surface area contributed by atoms with Crippen molar-refractivity contribution >= 4 is 56.5 Å². The normalized spacial score (nSPS) is 16.5. The van der Waals surface area contributed by atoms with E-state index in [0.29, 0.717) is 54.3 Å². The van der Waals surface area contributed by atoms with E-state index in [1.807, 2.05) is 61.5 Å². The second-order valence-corrected chi connectivity index (χ2v) is 11.6. The van der Waals surface area contributed by atoms with Gasteiger partial charge in [-0.2, -0.15) is 0 Å². The quantitative estimate of drug-likeness (QED) is 0.293. The van der Waals surface area contributed by atoms with Gasteiger partial charge in [-0.3, -0.25) is 19.3 Å². The predicted molar refractivity (Wildman–Crippen MR) is 164 cm³/mol. The molecular weight excluding hydrogens is 606 g/mol. The summed E-state index contributed by atoms with van der Waals surface area (Å²) in [7, 11) is 1.55. The first-order valence-corrected chi connectivity index (χ1v) is 14.8. The summed E-state index contributed by atoms with van der Waals surface area (Å²) < 4.78 is 12.2. The van der Waals surface area contributed by atoms with Crippen LogP contribution in [0.4, 0.5) is 10.5 Å². The van der Waals surface area contributed by atoms with Gasteiger partial charge in [0.15, 0.2) is 11.5 Å². The maximum absolute atomic E-state index is 13.2. The van der Waals surface area contributed by atoms with Crippen molar-refractivity contribution in [3.05, 3.63) is 92.8 Å². The molecule has 3 aromatic rings. The molecule has 0 aromatic heterocycles. The Morgan fingerprint density at radius 3 is 2.37 bits per heavy atom. The number of carbonyl (C=O) groups excluding carboxylic acids is 3. The Balaban J connectivity index is 1.22. The molecule has 2 aliphatic heterocycles. The first kappa shape index (κ1) is 28.8. The minimum absolute atomic E-state index is 0.237. The largest absolute Gasteiger partial charge is 0.493 e. The van der Waals surface area contributed by atoms with Gasteiger partial charge in [0, 0.05) is 36.3 Å². The van der Waals surface area contributed by atoms with Crippen LogP contribution in [-0.4, -0.2) is 66.7 Å². The molecule has 0 saturated carbocycles. The lowest BCUT2D eigenvalue weighted by atomic mass is 10.1. The highest BCUT2D eigenvalue weighted by Crippen LogP contribution is 2.38. The molecule has 2 heterocycles. The number of carbonyl (C=O) groups is 3. The van der Waals surface area contributed by atoms with Crippen LogP contribution in [0.5, 0.6) is 11.5 Å². The lowest BCUT2D eigenvalue weighted by molar-refractivity contribution is -0.136. The highest BCUT2D eigenvalue weighted by atomic mass is 79.9. The Morgan fingerprint density at radius 2 is 1.68 bits per heavy atom. The van der Waals surface area contributed by atoms with Gasteiger partial charge in [-0.15, -0.1) is 0 Å². The molecule has 0 spiro atoms. The van der Waals surface area contributed by atoms with Gasteiger partial charge in [-0.1, -0.05) is 64.0 Å². The maximum Gasteiger partial charge on any atom is 0.294 e. The first-order valence-electron chi connectivity index (χ1n) is 13.2. The van der Waals surface area contributed by atoms with Crippen molar-refractivity contribution in [1.29, 1.82) is 0 Å². The third kappa shape index (κ3) is 6.77. The molecule has 2 aliphatic rings. The van der Waals surface area contributed by atoms with E-state index in [-0.39, 0.29) is 17.4 Å². The molecule has 0 aliphatic carbocycles. The lowest BCUT2D eigenvalue weighted by Gasteiger charge is -2.36. The monoisotopic (exact) mass is 635 g/mol. The average Bonchev–Trinajstić information content (AvgIpc) is 3.25. The SMILES string of the molecule is COc1cc(/C=C2/SC(=O)N(CC(=O)N3CCN(c4ccccc4)CC3)C2=O)c(Br)cc1OCc1ccc(C)cc1. The van der Waals surface area contributed by atoms with Crippen LogP contribution in [0, 0.1) is 6.92 Å². The van der Waals surface area contributed by atoms with Gasteiger partial charge in [0.25, 0.3) is 11.1 Å². The van der Waals surface area contributed by atoms with E-state index in [1.165, 1.54) is 5.56 Å². The van der Waals surface area contributed by atoms with E-state index in [1.54, 1.807) is 30.2 Å². The van der Waals surface area contributed by atoms with Gasteiger partial charge in [-0.05, 0) is 60.2 Å². The summed E-state index contributed by atoms with van der Waals surface area (Å²) in [5.74, 6) is 0.319. The zero-order valence-electron chi connectivity index (χ0n) is 22.8. The number of nitrogens with zero attached hydrogens (tertiary/aromatic N) is 3. The Hall–Kier alpha value is -3.76. The topological polar surface area (TPSA) is 79.4 Å². The molecule has 0 radical (unpaired) electrons. The molecule has 8 nitrogen and oxygen atoms in total. The number of anilines is 1. The summed E-state index contributed by atoms with van der Waals surface area (Å²) in [5.41, 5.74) is 3.97. The van der Waals surface area contributed by atoms with E-state index < -0.39 is 11.1 Å². The molecule has 10 heteroatoms. The molecule has 0 bridgehead atoms. The molecule has 0 unspecified atom stereocenters. The number of piperazine rings is 1. The smallest absolute Gasteiger partial charge is 0.294 e. The third-order valence-corrected chi connectivity index (χ3v) is 8.60. The Bertz CT molecular complexity index is 1470. The third-order valence-electron chi connectivity index (χ3n) is 7.01. The van der Waals surface area contributed by atoms with Crippen molar-refractivity contribution in [3.63, 3.8) is 0 Å². The van der Waals surface area contributed by atoms with E-state index >= 15 is 0 Å². The van der Waals surface area contributed by atoms with Crippen LogP contribution in [-0.2, 0) is 16.2 Å². The highest BCUT2D eigenvalue weighted by molar-refractivity contribution is 9.10. The number of hydrogen-bond donors (Lipinski definition) is 0. The van der Waals surface area contributed by atoms with Crippen molar-refractivity contribution in [2.24, 2.45) is 0 Å². The number of rotatable bonds is 8. The highest BCUT2D eigenvalue weighted by Gasteiger charge is 2.37. The van der Waals surface area contributed by atoms with E-state index in [4.69, 9.17) is 9.47 Å². The van der Waals surface area contributed by atoms with Crippen LogP contribution >= 0.6 is 27.7 Å². The van der Waals surface area contributed by atoms with E-state index in [2.05, 4.69) is 20.8 Å². The number of amides is 3. The van der Waals surface area contributed by atoms with Crippen LogP contribution in [0.2, 0.25) is 0 Å². The van der Waals surface area contributed by atoms with Gasteiger partial charge in [0.2, 0.25) is 5.91 Å². The summed E-state index contributed by atoms with van der Waals surface area (Å²) in [5, 5.41) is -0.460. The van der Waals surface area contributed by atoms with Crippen molar-refractivity contribution in [3.8, 4) is 11.5 Å². The molecule has 3 amide bonds. The lowest BCUT2D eigenvalue weighted by Crippen LogP contribution is -2.51. The predicted octanol–water partition coefficient (Wildman–Crippen LogP) is 5.73. The number of benzene rings is 3. The standard InChI is InChI=1S/C31H30BrN3O5S/c1-21-8-10-22(11-9-21)20-40-27-18-25(32)23(16-26(27)39-2)17-28-30(37)35(31(38)41-28)19-29(36)34-14-12-33(13-15-34)24-6-4-3-5-7-24/h3-11,16-18H,12-15,19-20H2,1-2H3/b28-17+. The van der Waals surface area contributed by atoms with E-state index in [9.17, 15) is 14.4 Å². The van der Waals surface area contributed by atoms with Crippen molar-refractivity contribution < 1.29 is 23.9 Å². The molecule has 41 heavy (non-hydrogen) atoms. The molecule has 0 atom stereocenters. The second-order valence-electron chi connectivity index (χ2n) is 9.77. The minimum atomic E-state index is -0.484. The fourth-order valence-electron chi connectivity index (χ4n) is 4.64. The van der Waals surface area contributed by atoms with Crippen molar-refractivity contribution in [2.75, 3.05) is 44.7 Å². The van der Waals surface area contributed by atoms with Gasteiger partial charge in [-0.25, -0.2) is 0 Å². The number of para-hydroxylation sites is 1. The van der Waals surface area contributed by atoms with Crippen LogP contribution < -0.4 is 14.4 Å². The fourth-order valence-corrected chi connectivity index (χ4v) is 5.91. The molecule has 5 rings (SSSR count). The zero-order valence-corrected chi connectivity index (χ0v) is 25.2. The molecular formula is C31H30BrN3O5S. The summed E-state index contributed by atoms with van der Waals surface area (Å²) in [6, 6.07) is 21.7. The minimum Gasteiger partial charge on any atom is -0.493 e. The number of ether oxygens (including phenoxy) is 2. The number of aryl methyl sites for hydroxylation is 1. The molecule has 0 N–H and O–H groups in total. The first-order chi connectivity index (χ1) is 19.8. The van der Waals surface area contributed by atoms with Crippen molar-refractivity contribution in [1.82, 2.24) is 9.80 Å². The molecule has 3 aromatic carbocycles. The molecule has 212 valence electrons. The average molecular weight is 637 g/mol. The summed E-state index contributed by atoms with van der Waals surface area (Å²) in [6.45, 7) is 4.58. The Kier molecular flexibility index (Phi) is 8.99. The van der Waals surface area contributed by atoms with Gasteiger partial charge >= 0.3 is 0 Å². The maximum atomic E-state index is 13.2. The fraction of sp³-hybridized carbons (Fsp3) is 0.258. The number of thioether (sulfide) groups is 1. The molecule has 2 fully saturated rings. The van der Waals surface area contributed by atoms with Crippen LogP contribution in [0.25, 0.3) is 6.08 Å². The van der Waals surface area contributed by atoms with E-state index in [0.717, 1.165) is 27.9 Å². The van der Waals surface area contributed by atoms with Crippen molar-refractivity contribution in [2.45, 2.75) is 13.5 Å². The molecule has 2 saturated heterocycles. The van der Waals surface area contributed by atoms with Crippen LogP contribution in [0.15, 0.2) is 76.1 Å². The number of imide groups is 1. The number of hydrogen-bond acceptors (Lipinski definition) is 7. The Labute approximate surface area is 252 Å². The number of halogens is 1. The number of methoxy groups -OCH3 is 1. The van der Waals surface area contributed by atoms with Crippen LogP contribution in [0.1, 0.15) is 16.7 Å². The summed E-state index contributed by atoms with van der Waals surface area (Å²) in [6.07, 6.45) is 1.63. The van der Waals surface area contributed by atoms with Gasteiger partial charge in [0.1, 0.15) is 13.2 Å².